The van der Waals surface area contributed by atoms with Gasteiger partial charge in [0, 0.05) is 19.0 Å². The van der Waals surface area contributed by atoms with E-state index in [4.69, 9.17) is 0 Å². The first-order valence-electron chi connectivity index (χ1n) is 9.14. The number of carbonyl (C=O) groups is 2. The van der Waals surface area contributed by atoms with Gasteiger partial charge in [-0.1, -0.05) is 24.3 Å². The fourth-order valence-electron chi connectivity index (χ4n) is 3.70. The smallest absolute Gasteiger partial charge is 0.335 e. The molecule has 1 aliphatic heterocycles. The molecular weight excluding hydrogens is 358 g/mol. The predicted octanol–water partition coefficient (Wildman–Crippen LogP) is 2.64. The summed E-state index contributed by atoms with van der Waals surface area (Å²) in [6.45, 7) is 1.03. The van der Waals surface area contributed by atoms with Gasteiger partial charge >= 0.3 is 5.97 Å². The Morgan fingerprint density at radius 3 is 2.79 bits per heavy atom. The maximum atomic E-state index is 12.9. The molecule has 142 valence electrons. The standard InChI is InChI=1S/C21H19N3O4/c25-19-16-8-1-2-9-17(16)22-18(23-19)20(26)24-10-4-7-15(12-24)13-5-3-6-14(11-13)21(27)28/h1-3,5-6,8-9,11,15H,4,7,10,12H2,(H,27,28)(H,22,23,25)/t15-/m1/s1. The molecule has 0 unspecified atom stereocenters. The molecule has 1 aromatic heterocycles. The van der Waals surface area contributed by atoms with Crippen molar-refractivity contribution < 1.29 is 14.7 Å². The monoisotopic (exact) mass is 377 g/mol. The van der Waals surface area contributed by atoms with Gasteiger partial charge in [-0.05, 0) is 42.7 Å². The number of carboxylic acids is 1. The van der Waals surface area contributed by atoms with Gasteiger partial charge in [-0.25, -0.2) is 9.78 Å². The quantitative estimate of drug-likeness (QED) is 0.730. The minimum atomic E-state index is -0.969. The van der Waals surface area contributed by atoms with Crippen molar-refractivity contribution in [3.8, 4) is 0 Å². The second kappa shape index (κ2) is 7.26. The maximum Gasteiger partial charge on any atom is 0.335 e. The van der Waals surface area contributed by atoms with Gasteiger partial charge < -0.3 is 15.0 Å². The van der Waals surface area contributed by atoms with Crippen LogP contribution in [0.4, 0.5) is 0 Å². The Labute approximate surface area is 160 Å². The van der Waals surface area contributed by atoms with Crippen LogP contribution in [0, 0.1) is 0 Å². The van der Waals surface area contributed by atoms with E-state index in [9.17, 15) is 19.5 Å². The number of aromatic nitrogens is 2. The molecule has 0 radical (unpaired) electrons. The normalized spacial score (nSPS) is 16.9. The molecule has 0 bridgehead atoms. The third-order valence-electron chi connectivity index (χ3n) is 5.13. The van der Waals surface area contributed by atoms with E-state index in [-0.39, 0.29) is 28.8 Å². The summed E-state index contributed by atoms with van der Waals surface area (Å²) in [7, 11) is 0. The summed E-state index contributed by atoms with van der Waals surface area (Å²) in [4.78, 5) is 45.0. The van der Waals surface area contributed by atoms with E-state index >= 15 is 0 Å². The lowest BCUT2D eigenvalue weighted by molar-refractivity contribution is 0.0683. The van der Waals surface area contributed by atoms with Gasteiger partial charge in [0.25, 0.3) is 11.5 Å². The molecule has 1 saturated heterocycles. The van der Waals surface area contributed by atoms with E-state index < -0.39 is 5.97 Å². The highest BCUT2D eigenvalue weighted by Crippen LogP contribution is 2.28. The number of nitrogens with zero attached hydrogens (tertiary/aromatic N) is 2. The van der Waals surface area contributed by atoms with Crippen molar-refractivity contribution in [3.05, 3.63) is 75.8 Å². The van der Waals surface area contributed by atoms with Crippen LogP contribution < -0.4 is 5.56 Å². The highest BCUT2D eigenvalue weighted by molar-refractivity contribution is 5.92. The molecule has 2 heterocycles. The zero-order valence-corrected chi connectivity index (χ0v) is 15.1. The van der Waals surface area contributed by atoms with Gasteiger partial charge in [-0.15, -0.1) is 0 Å². The predicted molar refractivity (Wildman–Crippen MR) is 104 cm³/mol. The number of benzene rings is 2. The zero-order valence-electron chi connectivity index (χ0n) is 15.1. The average Bonchev–Trinajstić information content (AvgIpc) is 2.73. The summed E-state index contributed by atoms with van der Waals surface area (Å²) >= 11 is 0. The van der Waals surface area contributed by atoms with Gasteiger partial charge in [-0.3, -0.25) is 9.59 Å². The van der Waals surface area contributed by atoms with Crippen molar-refractivity contribution >= 4 is 22.8 Å². The number of H-pyrrole nitrogens is 1. The Hall–Kier alpha value is -3.48. The number of nitrogens with one attached hydrogen (secondary N) is 1. The molecule has 2 aromatic carbocycles. The second-order valence-corrected chi connectivity index (χ2v) is 6.95. The molecule has 4 rings (SSSR count). The van der Waals surface area contributed by atoms with E-state index in [1.165, 1.54) is 0 Å². The summed E-state index contributed by atoms with van der Waals surface area (Å²) in [6, 6.07) is 13.7. The molecule has 1 atom stereocenters. The lowest BCUT2D eigenvalue weighted by Gasteiger charge is -2.32. The largest absolute Gasteiger partial charge is 0.478 e. The van der Waals surface area contributed by atoms with Crippen molar-refractivity contribution in [3.63, 3.8) is 0 Å². The van der Waals surface area contributed by atoms with Gasteiger partial charge in [0.1, 0.15) is 0 Å². The number of carboxylic acid groups (broad SMARTS) is 1. The molecule has 1 amide bonds. The van der Waals surface area contributed by atoms with E-state index in [1.54, 1.807) is 47.4 Å². The van der Waals surface area contributed by atoms with E-state index in [2.05, 4.69) is 9.97 Å². The van der Waals surface area contributed by atoms with Gasteiger partial charge in [0.15, 0.2) is 5.82 Å². The van der Waals surface area contributed by atoms with Gasteiger partial charge in [0.05, 0.1) is 16.5 Å². The van der Waals surface area contributed by atoms with Crippen LogP contribution in [-0.4, -0.2) is 44.9 Å². The average molecular weight is 377 g/mol. The van der Waals surface area contributed by atoms with Crippen LogP contribution in [0.5, 0.6) is 0 Å². The number of aromatic carboxylic acids is 1. The number of likely N-dealkylation sites (tertiary alicyclic amines) is 1. The number of hydrogen-bond acceptors (Lipinski definition) is 4. The van der Waals surface area contributed by atoms with Crippen LogP contribution in [0.1, 0.15) is 45.3 Å². The topological polar surface area (TPSA) is 103 Å². The Morgan fingerprint density at radius 1 is 1.14 bits per heavy atom. The molecule has 0 saturated carbocycles. The Morgan fingerprint density at radius 2 is 1.96 bits per heavy atom. The number of amides is 1. The van der Waals surface area contributed by atoms with Crippen LogP contribution in [0.25, 0.3) is 10.9 Å². The summed E-state index contributed by atoms with van der Waals surface area (Å²) in [5.74, 6) is -1.21. The Balaban J connectivity index is 1.59. The molecule has 1 fully saturated rings. The number of aromatic amines is 1. The third-order valence-corrected chi connectivity index (χ3v) is 5.13. The van der Waals surface area contributed by atoms with Gasteiger partial charge in [-0.2, -0.15) is 0 Å². The number of para-hydroxylation sites is 1. The van der Waals surface area contributed by atoms with Crippen LogP contribution in [0.2, 0.25) is 0 Å². The highest BCUT2D eigenvalue weighted by atomic mass is 16.4. The molecule has 1 aliphatic rings. The Bertz CT molecular complexity index is 1120. The third kappa shape index (κ3) is 3.38. The second-order valence-electron chi connectivity index (χ2n) is 6.95. The van der Waals surface area contributed by atoms with Crippen molar-refractivity contribution in [2.75, 3.05) is 13.1 Å². The molecule has 28 heavy (non-hydrogen) atoms. The van der Waals surface area contributed by atoms with E-state index in [0.29, 0.717) is 24.0 Å². The van der Waals surface area contributed by atoms with Crippen LogP contribution in [0.15, 0.2) is 53.3 Å². The fourth-order valence-corrected chi connectivity index (χ4v) is 3.70. The fraction of sp³-hybridized carbons (Fsp3) is 0.238. The minimum Gasteiger partial charge on any atom is -0.478 e. The zero-order chi connectivity index (χ0) is 19.7. The molecule has 7 heteroatoms. The SMILES string of the molecule is O=C(O)c1cccc([C@@H]2CCCN(C(=O)c3nc4ccccc4c(=O)[nH]3)C2)c1. The van der Waals surface area contributed by atoms with Crippen LogP contribution in [0.3, 0.4) is 0 Å². The number of hydrogen-bond donors (Lipinski definition) is 2. The summed E-state index contributed by atoms with van der Waals surface area (Å²) in [6.07, 6.45) is 1.67. The van der Waals surface area contributed by atoms with Crippen molar-refractivity contribution in [2.45, 2.75) is 18.8 Å². The lowest BCUT2D eigenvalue weighted by atomic mass is 9.89. The Kier molecular flexibility index (Phi) is 4.65. The molecule has 3 aromatic rings. The van der Waals surface area contributed by atoms with Crippen molar-refractivity contribution in [1.29, 1.82) is 0 Å². The molecule has 2 N–H and O–H groups in total. The van der Waals surface area contributed by atoms with Crippen molar-refractivity contribution in [1.82, 2.24) is 14.9 Å². The number of piperidine rings is 1. The van der Waals surface area contributed by atoms with Crippen molar-refractivity contribution in [2.24, 2.45) is 0 Å². The molecular formula is C21H19N3O4. The van der Waals surface area contributed by atoms with E-state index in [1.807, 2.05) is 6.07 Å². The maximum absolute atomic E-state index is 12.9. The summed E-state index contributed by atoms with van der Waals surface area (Å²) in [5.41, 5.74) is 1.29. The minimum absolute atomic E-state index is 0.0311. The molecule has 0 spiro atoms. The summed E-state index contributed by atoms with van der Waals surface area (Å²) in [5, 5.41) is 9.65. The number of rotatable bonds is 3. The number of carbonyl (C=O) groups excluding carboxylic acids is 1. The number of fused-ring (bicyclic) bond motifs is 1. The van der Waals surface area contributed by atoms with Crippen LogP contribution in [-0.2, 0) is 0 Å². The lowest BCUT2D eigenvalue weighted by Crippen LogP contribution is -2.40. The first-order valence-corrected chi connectivity index (χ1v) is 9.14. The first-order chi connectivity index (χ1) is 13.5. The first kappa shape index (κ1) is 17.9. The van der Waals surface area contributed by atoms with Crippen LogP contribution >= 0.6 is 0 Å². The van der Waals surface area contributed by atoms with Gasteiger partial charge in [0.2, 0.25) is 0 Å². The molecule has 7 nitrogen and oxygen atoms in total. The highest BCUT2D eigenvalue weighted by Gasteiger charge is 2.27. The molecule has 0 aliphatic carbocycles. The van der Waals surface area contributed by atoms with E-state index in [0.717, 1.165) is 18.4 Å². The summed E-state index contributed by atoms with van der Waals surface area (Å²) < 4.78 is 0.